The number of nitrogens with zero attached hydrogens (tertiary/aromatic N) is 2. The summed E-state index contributed by atoms with van der Waals surface area (Å²) in [7, 11) is 1.44. The van der Waals surface area contributed by atoms with Crippen LogP contribution in [0.1, 0.15) is 11.3 Å². The summed E-state index contributed by atoms with van der Waals surface area (Å²) >= 11 is 0. The number of aromatic amines is 1. The molecule has 0 atom stereocenters. The SMILES string of the molecule is COc1cc(Nc2cc(C(F)(F)F)cc(Nc3cccc(OC(F)(F)F)c3)n2)ccc1-c1ncc(C)[nH]1. The van der Waals surface area contributed by atoms with E-state index >= 15 is 0 Å². The van der Waals surface area contributed by atoms with E-state index in [9.17, 15) is 26.3 Å². The lowest BCUT2D eigenvalue weighted by molar-refractivity contribution is -0.274. The second kappa shape index (κ2) is 9.91. The van der Waals surface area contributed by atoms with E-state index in [4.69, 9.17) is 4.74 Å². The summed E-state index contributed by atoms with van der Waals surface area (Å²) < 4.78 is 87.6. The zero-order valence-electron chi connectivity index (χ0n) is 19.3. The third-order valence-corrected chi connectivity index (χ3v) is 4.92. The smallest absolute Gasteiger partial charge is 0.496 e. The number of hydrogen-bond acceptors (Lipinski definition) is 6. The van der Waals surface area contributed by atoms with Crippen molar-refractivity contribution in [3.63, 3.8) is 0 Å². The van der Waals surface area contributed by atoms with E-state index in [0.29, 0.717) is 22.8 Å². The van der Waals surface area contributed by atoms with E-state index in [1.54, 1.807) is 24.4 Å². The van der Waals surface area contributed by atoms with Crippen LogP contribution < -0.4 is 20.1 Å². The third-order valence-electron chi connectivity index (χ3n) is 4.92. The number of ether oxygens (including phenoxy) is 2. The fourth-order valence-corrected chi connectivity index (χ4v) is 3.40. The molecule has 7 nitrogen and oxygen atoms in total. The number of imidazole rings is 1. The summed E-state index contributed by atoms with van der Waals surface area (Å²) in [5.74, 6) is 0.00836. The standard InChI is InChI=1S/C24H19F6N5O2/c1-13-12-31-22(32-13)18-7-6-16(11-19(18)36-2)34-21-9-14(23(25,26)27)8-20(35-21)33-15-4-3-5-17(10-15)37-24(28,29)30/h3-12H,1-2H3,(H,31,32)(H2,33,34,35). The summed E-state index contributed by atoms with van der Waals surface area (Å²) in [4.78, 5) is 11.5. The Morgan fingerprint density at radius 1 is 0.865 bits per heavy atom. The monoisotopic (exact) mass is 523 g/mol. The summed E-state index contributed by atoms with van der Waals surface area (Å²) in [5.41, 5.74) is 0.871. The van der Waals surface area contributed by atoms with Gasteiger partial charge in [-0.3, -0.25) is 0 Å². The maximum atomic E-state index is 13.6. The van der Waals surface area contributed by atoms with Gasteiger partial charge in [-0.1, -0.05) is 6.07 Å². The Balaban J connectivity index is 1.64. The van der Waals surface area contributed by atoms with Gasteiger partial charge in [-0.25, -0.2) is 9.97 Å². The molecular formula is C24H19F6N5O2. The molecule has 0 aliphatic carbocycles. The van der Waals surface area contributed by atoms with Crippen LogP contribution in [0.25, 0.3) is 11.4 Å². The van der Waals surface area contributed by atoms with Gasteiger partial charge >= 0.3 is 12.5 Å². The highest BCUT2D eigenvalue weighted by molar-refractivity contribution is 5.71. The number of anilines is 4. The van der Waals surface area contributed by atoms with E-state index in [2.05, 4.69) is 30.3 Å². The lowest BCUT2D eigenvalue weighted by atomic mass is 10.1. The molecule has 0 radical (unpaired) electrons. The van der Waals surface area contributed by atoms with Gasteiger partial charge in [0.2, 0.25) is 0 Å². The van der Waals surface area contributed by atoms with Crippen LogP contribution in [0.4, 0.5) is 49.4 Å². The van der Waals surface area contributed by atoms with E-state index in [1.807, 2.05) is 6.92 Å². The van der Waals surface area contributed by atoms with Crippen molar-refractivity contribution in [3.8, 4) is 22.9 Å². The lowest BCUT2D eigenvalue weighted by Crippen LogP contribution is -2.17. The minimum absolute atomic E-state index is 0.0410. The van der Waals surface area contributed by atoms with Gasteiger partial charge in [0, 0.05) is 35.4 Å². The molecule has 2 heterocycles. The van der Waals surface area contributed by atoms with Crippen LogP contribution in [0.5, 0.6) is 11.5 Å². The number of rotatable bonds is 7. The number of pyridine rings is 1. The minimum atomic E-state index is -4.92. The summed E-state index contributed by atoms with van der Waals surface area (Å²) in [5, 5.41) is 5.40. The second-order valence-corrected chi connectivity index (χ2v) is 7.78. The van der Waals surface area contributed by atoms with Crippen molar-refractivity contribution in [3.05, 3.63) is 72.1 Å². The van der Waals surface area contributed by atoms with Crippen molar-refractivity contribution in [2.45, 2.75) is 19.5 Å². The van der Waals surface area contributed by atoms with E-state index in [0.717, 1.165) is 30.0 Å². The maximum absolute atomic E-state index is 13.6. The highest BCUT2D eigenvalue weighted by Crippen LogP contribution is 2.36. The molecule has 2 aromatic heterocycles. The molecule has 0 fully saturated rings. The van der Waals surface area contributed by atoms with Crippen molar-refractivity contribution < 1.29 is 35.8 Å². The van der Waals surface area contributed by atoms with Crippen molar-refractivity contribution in [2.75, 3.05) is 17.7 Å². The number of halogens is 6. The fourth-order valence-electron chi connectivity index (χ4n) is 3.40. The first-order valence-corrected chi connectivity index (χ1v) is 10.6. The Morgan fingerprint density at radius 3 is 2.11 bits per heavy atom. The van der Waals surface area contributed by atoms with Crippen molar-refractivity contribution >= 4 is 23.0 Å². The molecular weight excluding hydrogens is 504 g/mol. The number of nitrogens with one attached hydrogen (secondary N) is 3. The van der Waals surface area contributed by atoms with Crippen LogP contribution in [0.3, 0.4) is 0 Å². The molecule has 0 saturated heterocycles. The molecule has 0 amide bonds. The predicted molar refractivity (Wildman–Crippen MR) is 124 cm³/mol. The molecule has 4 rings (SSSR count). The lowest BCUT2D eigenvalue weighted by Gasteiger charge is -2.15. The van der Waals surface area contributed by atoms with Crippen LogP contribution in [-0.4, -0.2) is 28.4 Å². The van der Waals surface area contributed by atoms with E-state index in [1.165, 1.54) is 19.2 Å². The molecule has 4 aromatic rings. The fraction of sp³-hybridized carbons (Fsp3) is 0.167. The molecule has 194 valence electrons. The van der Waals surface area contributed by atoms with E-state index < -0.39 is 23.9 Å². The van der Waals surface area contributed by atoms with Gasteiger partial charge < -0.3 is 25.1 Å². The average Bonchev–Trinajstić information content (AvgIpc) is 3.23. The summed E-state index contributed by atoms with van der Waals surface area (Å²) in [6, 6.07) is 11.1. The van der Waals surface area contributed by atoms with Crippen LogP contribution in [0, 0.1) is 6.92 Å². The highest BCUT2D eigenvalue weighted by atomic mass is 19.4. The quantitative estimate of drug-likeness (QED) is 0.222. The van der Waals surface area contributed by atoms with Gasteiger partial charge in [0.05, 0.1) is 18.2 Å². The number of benzene rings is 2. The number of hydrogen-bond donors (Lipinski definition) is 3. The first-order chi connectivity index (χ1) is 17.4. The molecule has 0 aliphatic rings. The van der Waals surface area contributed by atoms with Gasteiger partial charge in [-0.05, 0) is 43.3 Å². The zero-order valence-corrected chi connectivity index (χ0v) is 19.3. The molecule has 0 unspecified atom stereocenters. The number of H-pyrrole nitrogens is 1. The topological polar surface area (TPSA) is 84.1 Å². The molecule has 0 spiro atoms. The normalized spacial score (nSPS) is 11.8. The second-order valence-electron chi connectivity index (χ2n) is 7.78. The Kier molecular flexibility index (Phi) is 6.88. The summed E-state index contributed by atoms with van der Waals surface area (Å²) in [6.07, 6.45) is -7.99. The molecule has 0 saturated carbocycles. The molecule has 13 heteroatoms. The first kappa shape index (κ1) is 25.7. The van der Waals surface area contributed by atoms with Gasteiger partial charge in [-0.2, -0.15) is 13.2 Å². The Bertz CT molecular complexity index is 1400. The number of aromatic nitrogens is 3. The van der Waals surface area contributed by atoms with Gasteiger partial charge in [0.15, 0.2) is 0 Å². The molecule has 37 heavy (non-hydrogen) atoms. The van der Waals surface area contributed by atoms with Crippen molar-refractivity contribution in [2.24, 2.45) is 0 Å². The van der Waals surface area contributed by atoms with Crippen molar-refractivity contribution in [1.29, 1.82) is 0 Å². The van der Waals surface area contributed by atoms with Gasteiger partial charge in [0.25, 0.3) is 0 Å². The molecule has 0 aliphatic heterocycles. The first-order valence-electron chi connectivity index (χ1n) is 10.6. The number of methoxy groups -OCH3 is 1. The van der Waals surface area contributed by atoms with Crippen LogP contribution in [-0.2, 0) is 6.18 Å². The van der Waals surface area contributed by atoms with Crippen molar-refractivity contribution in [1.82, 2.24) is 15.0 Å². The largest absolute Gasteiger partial charge is 0.573 e. The maximum Gasteiger partial charge on any atom is 0.573 e. The molecule has 2 aromatic carbocycles. The Morgan fingerprint density at radius 2 is 1.54 bits per heavy atom. The average molecular weight is 523 g/mol. The molecule has 0 bridgehead atoms. The highest BCUT2D eigenvalue weighted by Gasteiger charge is 2.32. The Labute approximate surface area is 206 Å². The predicted octanol–water partition coefficient (Wildman–Crippen LogP) is 7.19. The van der Waals surface area contributed by atoms with Crippen LogP contribution in [0.15, 0.2) is 60.8 Å². The van der Waals surface area contributed by atoms with Gasteiger partial charge in [0.1, 0.15) is 29.0 Å². The minimum Gasteiger partial charge on any atom is -0.496 e. The number of alkyl halides is 6. The molecule has 3 N–H and O–H groups in total. The third kappa shape index (κ3) is 6.63. The number of aryl methyl sites for hydroxylation is 1. The van der Waals surface area contributed by atoms with E-state index in [-0.39, 0.29) is 17.3 Å². The summed E-state index contributed by atoms with van der Waals surface area (Å²) in [6.45, 7) is 1.84. The zero-order chi connectivity index (χ0) is 26.8. The van der Waals surface area contributed by atoms with Crippen LogP contribution >= 0.6 is 0 Å². The Hall–Kier alpha value is -4.42. The van der Waals surface area contributed by atoms with Gasteiger partial charge in [-0.15, -0.1) is 13.2 Å². The van der Waals surface area contributed by atoms with Crippen LogP contribution in [0.2, 0.25) is 0 Å².